The zero-order valence-electron chi connectivity index (χ0n) is 16.5. The van der Waals surface area contributed by atoms with E-state index in [4.69, 9.17) is 0 Å². The molecule has 1 atom stereocenters. The Morgan fingerprint density at radius 3 is 2.00 bits per heavy atom. The first-order valence-electron chi connectivity index (χ1n) is 11.0. The zero-order valence-corrected chi connectivity index (χ0v) is 18.0. The Labute approximate surface area is 171 Å². The molecule has 1 amide bonds. The van der Waals surface area contributed by atoms with Crippen molar-refractivity contribution in [1.29, 1.82) is 0 Å². The predicted octanol–water partition coefficient (Wildman–Crippen LogP) is 5.54. The highest BCUT2D eigenvalue weighted by molar-refractivity contribution is 9.10. The second kappa shape index (κ2) is 5.40. The SMILES string of the molecule is CC1(C)C(=O)N(C2C3CC4CC(C3)CC2C4)C1C1(c2ccc(Br)cc2)CC1. The highest BCUT2D eigenvalue weighted by atomic mass is 79.9. The first-order chi connectivity index (χ1) is 12.9. The van der Waals surface area contributed by atoms with Gasteiger partial charge in [0.1, 0.15) is 0 Å². The quantitative estimate of drug-likeness (QED) is 0.579. The molecule has 6 aliphatic rings. The van der Waals surface area contributed by atoms with E-state index >= 15 is 0 Å². The fourth-order valence-corrected chi connectivity index (χ4v) is 8.36. The van der Waals surface area contributed by atoms with Crippen LogP contribution >= 0.6 is 15.9 Å². The average Bonchev–Trinajstić information content (AvgIpc) is 3.41. The summed E-state index contributed by atoms with van der Waals surface area (Å²) in [6.45, 7) is 4.43. The van der Waals surface area contributed by atoms with E-state index in [1.807, 2.05) is 0 Å². The number of benzene rings is 1. The molecule has 0 radical (unpaired) electrons. The van der Waals surface area contributed by atoms with Gasteiger partial charge in [-0.15, -0.1) is 0 Å². The molecule has 7 rings (SSSR count). The number of hydrogen-bond acceptors (Lipinski definition) is 1. The molecule has 4 bridgehead atoms. The molecule has 1 heterocycles. The van der Waals surface area contributed by atoms with Crippen molar-refractivity contribution >= 4 is 21.8 Å². The highest BCUT2D eigenvalue weighted by Gasteiger charge is 2.70. The monoisotopic (exact) mass is 427 g/mol. The van der Waals surface area contributed by atoms with E-state index in [9.17, 15) is 4.79 Å². The summed E-state index contributed by atoms with van der Waals surface area (Å²) in [5.41, 5.74) is 1.44. The van der Waals surface area contributed by atoms with Crippen LogP contribution in [0, 0.1) is 29.1 Å². The van der Waals surface area contributed by atoms with Gasteiger partial charge in [0.2, 0.25) is 5.91 Å². The number of nitrogens with zero attached hydrogens (tertiary/aromatic N) is 1. The largest absolute Gasteiger partial charge is 0.334 e. The van der Waals surface area contributed by atoms with Crippen molar-refractivity contribution in [2.45, 2.75) is 76.3 Å². The highest BCUT2D eigenvalue weighted by Crippen LogP contribution is 2.65. The van der Waals surface area contributed by atoms with E-state index in [0.29, 0.717) is 18.0 Å². The molecule has 5 saturated carbocycles. The summed E-state index contributed by atoms with van der Waals surface area (Å²) >= 11 is 3.58. The fraction of sp³-hybridized carbons (Fsp3) is 0.708. The van der Waals surface area contributed by atoms with E-state index in [2.05, 4.69) is 58.9 Å². The van der Waals surface area contributed by atoms with E-state index in [1.165, 1.54) is 50.5 Å². The number of halogens is 1. The average molecular weight is 428 g/mol. The van der Waals surface area contributed by atoms with Crippen LogP contribution in [0.2, 0.25) is 0 Å². The number of β-lactam (4-membered cyclic amide) rings is 1. The number of hydrogen-bond donors (Lipinski definition) is 0. The maximum atomic E-state index is 13.4. The molecule has 0 spiro atoms. The van der Waals surface area contributed by atoms with E-state index in [0.717, 1.165) is 28.1 Å². The number of amides is 1. The second-order valence-electron chi connectivity index (χ2n) is 10.9. The zero-order chi connectivity index (χ0) is 18.6. The van der Waals surface area contributed by atoms with Crippen molar-refractivity contribution in [2.75, 3.05) is 0 Å². The molecule has 5 aliphatic carbocycles. The lowest BCUT2D eigenvalue weighted by Gasteiger charge is -2.66. The Balaban J connectivity index is 1.37. The lowest BCUT2D eigenvalue weighted by atomic mass is 9.52. The van der Waals surface area contributed by atoms with Gasteiger partial charge >= 0.3 is 0 Å². The fourth-order valence-electron chi connectivity index (χ4n) is 8.10. The molecular formula is C24H30BrNO. The van der Waals surface area contributed by atoms with Gasteiger partial charge in [-0.3, -0.25) is 4.79 Å². The van der Waals surface area contributed by atoms with Crippen LogP contribution in [0.15, 0.2) is 28.7 Å². The predicted molar refractivity (Wildman–Crippen MR) is 110 cm³/mol. The topological polar surface area (TPSA) is 20.3 Å². The van der Waals surface area contributed by atoms with Crippen molar-refractivity contribution in [2.24, 2.45) is 29.1 Å². The minimum Gasteiger partial charge on any atom is -0.334 e. The van der Waals surface area contributed by atoms with Crippen molar-refractivity contribution < 1.29 is 4.79 Å². The van der Waals surface area contributed by atoms with Crippen LogP contribution in [0.3, 0.4) is 0 Å². The first-order valence-corrected chi connectivity index (χ1v) is 11.8. The molecule has 144 valence electrons. The van der Waals surface area contributed by atoms with Gasteiger partial charge in [0.05, 0.1) is 11.5 Å². The third-order valence-corrected chi connectivity index (χ3v) is 9.51. The van der Waals surface area contributed by atoms with Gasteiger partial charge in [-0.1, -0.05) is 28.1 Å². The first kappa shape index (κ1) is 17.1. The molecule has 1 aromatic carbocycles. The Hall–Kier alpha value is -0.830. The smallest absolute Gasteiger partial charge is 0.230 e. The molecule has 1 aliphatic heterocycles. The normalized spacial score (nSPS) is 42.9. The number of likely N-dealkylation sites (tertiary alicyclic amines) is 1. The number of carbonyl (C=O) groups excluding carboxylic acids is 1. The lowest BCUT2D eigenvalue weighted by molar-refractivity contribution is -0.195. The van der Waals surface area contributed by atoms with Crippen LogP contribution in [0.5, 0.6) is 0 Å². The van der Waals surface area contributed by atoms with Gasteiger partial charge < -0.3 is 4.90 Å². The molecule has 0 aromatic heterocycles. The van der Waals surface area contributed by atoms with Crippen molar-refractivity contribution in [3.05, 3.63) is 34.3 Å². The molecule has 27 heavy (non-hydrogen) atoms. The van der Waals surface area contributed by atoms with Gasteiger partial charge in [0, 0.05) is 15.9 Å². The van der Waals surface area contributed by atoms with Gasteiger partial charge in [0.25, 0.3) is 0 Å². The summed E-state index contributed by atoms with van der Waals surface area (Å²) in [6.07, 6.45) is 9.50. The Bertz CT molecular complexity index is 765. The van der Waals surface area contributed by atoms with Gasteiger partial charge in [-0.2, -0.15) is 0 Å². The van der Waals surface area contributed by atoms with Crippen LogP contribution in [0.1, 0.15) is 64.4 Å². The Morgan fingerprint density at radius 1 is 0.926 bits per heavy atom. The second-order valence-corrected chi connectivity index (χ2v) is 11.8. The van der Waals surface area contributed by atoms with Crippen LogP contribution in [-0.2, 0) is 10.2 Å². The Kier molecular flexibility index (Phi) is 3.41. The van der Waals surface area contributed by atoms with E-state index in [-0.39, 0.29) is 10.8 Å². The summed E-state index contributed by atoms with van der Waals surface area (Å²) in [5, 5.41) is 0. The van der Waals surface area contributed by atoms with E-state index < -0.39 is 0 Å². The van der Waals surface area contributed by atoms with Gasteiger partial charge in [-0.05, 0) is 100 Å². The van der Waals surface area contributed by atoms with Crippen LogP contribution in [-0.4, -0.2) is 22.9 Å². The third kappa shape index (κ3) is 2.21. The number of carbonyl (C=O) groups is 1. The van der Waals surface area contributed by atoms with Crippen LogP contribution < -0.4 is 0 Å². The minimum atomic E-state index is -0.210. The van der Waals surface area contributed by atoms with Crippen LogP contribution in [0.25, 0.3) is 0 Å². The summed E-state index contributed by atoms with van der Waals surface area (Å²) in [7, 11) is 0. The maximum absolute atomic E-state index is 13.4. The molecule has 3 heteroatoms. The summed E-state index contributed by atoms with van der Waals surface area (Å²) < 4.78 is 1.14. The molecule has 2 nitrogen and oxygen atoms in total. The minimum absolute atomic E-state index is 0.201. The van der Waals surface area contributed by atoms with Gasteiger partial charge in [0.15, 0.2) is 0 Å². The molecular weight excluding hydrogens is 398 g/mol. The molecule has 6 fully saturated rings. The molecule has 1 saturated heterocycles. The van der Waals surface area contributed by atoms with Crippen molar-refractivity contribution in [1.82, 2.24) is 4.90 Å². The van der Waals surface area contributed by atoms with Crippen molar-refractivity contribution in [3.63, 3.8) is 0 Å². The summed E-state index contributed by atoms with van der Waals surface area (Å²) in [4.78, 5) is 15.8. The molecule has 1 unspecified atom stereocenters. The standard InChI is InChI=1S/C24H30BrNO/c1-23(2)21(24(7-8-24)18-3-5-19(25)6-4-18)26(22(23)27)20-16-10-14-9-15(12-16)13-17(20)11-14/h3-6,14-17,20-21H,7-13H2,1-2H3. The van der Waals surface area contributed by atoms with Crippen LogP contribution in [0.4, 0.5) is 0 Å². The third-order valence-electron chi connectivity index (χ3n) is 8.98. The summed E-state index contributed by atoms with van der Waals surface area (Å²) in [5.74, 6) is 3.93. The maximum Gasteiger partial charge on any atom is 0.230 e. The molecule has 1 aromatic rings. The van der Waals surface area contributed by atoms with E-state index in [1.54, 1.807) is 0 Å². The van der Waals surface area contributed by atoms with Crippen molar-refractivity contribution in [3.8, 4) is 0 Å². The summed E-state index contributed by atoms with van der Waals surface area (Å²) in [6, 6.07) is 9.87. The lowest BCUT2D eigenvalue weighted by Crippen LogP contribution is -2.76. The van der Waals surface area contributed by atoms with Gasteiger partial charge in [-0.25, -0.2) is 0 Å². The Morgan fingerprint density at radius 2 is 1.48 bits per heavy atom. The number of rotatable bonds is 3. The molecule has 0 N–H and O–H groups in total.